The SMILES string of the molecule is CC1C(CCCC(=O)OCCCCCc2ccccc2)C[N+]1=O. The number of carbonyl (C=O) groups is 1. The number of esters is 1. The monoisotopic (exact) mass is 318 g/mol. The lowest BCUT2D eigenvalue weighted by Gasteiger charge is -2.23. The van der Waals surface area contributed by atoms with Gasteiger partial charge in [-0.05, 0) is 44.1 Å². The maximum Gasteiger partial charge on any atom is 0.305 e. The van der Waals surface area contributed by atoms with Crippen LogP contribution < -0.4 is 0 Å². The van der Waals surface area contributed by atoms with Crippen LogP contribution in [-0.4, -0.2) is 29.9 Å². The topological polar surface area (TPSA) is 46.4 Å². The zero-order valence-corrected chi connectivity index (χ0v) is 14.1. The van der Waals surface area contributed by atoms with Crippen molar-refractivity contribution < 1.29 is 14.3 Å². The minimum Gasteiger partial charge on any atom is -0.466 e. The number of benzene rings is 1. The molecule has 2 unspecified atom stereocenters. The molecule has 0 amide bonds. The Morgan fingerprint density at radius 3 is 2.65 bits per heavy atom. The highest BCUT2D eigenvalue weighted by molar-refractivity contribution is 5.69. The maximum atomic E-state index is 11.6. The van der Waals surface area contributed by atoms with Crippen molar-refractivity contribution in [2.24, 2.45) is 5.92 Å². The van der Waals surface area contributed by atoms with Crippen molar-refractivity contribution >= 4 is 5.97 Å². The molecule has 0 radical (unpaired) electrons. The van der Waals surface area contributed by atoms with Gasteiger partial charge >= 0.3 is 5.97 Å². The number of carbonyl (C=O) groups excluding carboxylic acids is 1. The smallest absolute Gasteiger partial charge is 0.305 e. The van der Waals surface area contributed by atoms with Crippen molar-refractivity contribution in [3.05, 3.63) is 40.8 Å². The molecule has 0 spiro atoms. The minimum absolute atomic E-state index is 0.0981. The standard InChI is InChI=1S/C19H28NO3/c1-16-18(15-20(16)22)12-8-13-19(21)23-14-7-3-6-11-17-9-4-2-5-10-17/h2,4-5,9-10,16,18H,3,6-8,11-15H2,1H3/q+1. The van der Waals surface area contributed by atoms with Gasteiger partial charge in [-0.15, -0.1) is 0 Å². The molecule has 1 aromatic carbocycles. The van der Waals surface area contributed by atoms with Crippen LogP contribution in [0.3, 0.4) is 0 Å². The van der Waals surface area contributed by atoms with E-state index in [0.29, 0.717) is 25.5 Å². The summed E-state index contributed by atoms with van der Waals surface area (Å²) < 4.78 is 6.37. The van der Waals surface area contributed by atoms with E-state index in [1.165, 1.54) is 5.56 Å². The summed E-state index contributed by atoms with van der Waals surface area (Å²) in [4.78, 5) is 22.7. The number of hydrogen-bond donors (Lipinski definition) is 0. The van der Waals surface area contributed by atoms with E-state index in [4.69, 9.17) is 4.74 Å². The average Bonchev–Trinajstić information content (AvgIpc) is 2.58. The van der Waals surface area contributed by atoms with Crippen LogP contribution in [0.1, 0.15) is 51.0 Å². The first kappa shape index (κ1) is 17.6. The van der Waals surface area contributed by atoms with Crippen molar-refractivity contribution in [3.8, 4) is 0 Å². The molecule has 1 heterocycles. The van der Waals surface area contributed by atoms with Crippen LogP contribution in [0.25, 0.3) is 0 Å². The summed E-state index contributed by atoms with van der Waals surface area (Å²) >= 11 is 0. The van der Waals surface area contributed by atoms with E-state index in [-0.39, 0.29) is 12.0 Å². The zero-order valence-electron chi connectivity index (χ0n) is 14.1. The van der Waals surface area contributed by atoms with Gasteiger partial charge in [0, 0.05) is 23.0 Å². The molecule has 0 saturated carbocycles. The predicted molar refractivity (Wildman–Crippen MR) is 90.3 cm³/mol. The maximum absolute atomic E-state index is 11.6. The van der Waals surface area contributed by atoms with Crippen LogP contribution in [0.2, 0.25) is 0 Å². The Kier molecular flexibility index (Phi) is 7.24. The van der Waals surface area contributed by atoms with Gasteiger partial charge in [-0.3, -0.25) is 4.79 Å². The molecule has 1 aliphatic rings. The van der Waals surface area contributed by atoms with Crippen LogP contribution >= 0.6 is 0 Å². The average molecular weight is 318 g/mol. The summed E-state index contributed by atoms with van der Waals surface area (Å²) in [6, 6.07) is 10.6. The molecule has 1 saturated heterocycles. The first-order valence-corrected chi connectivity index (χ1v) is 8.80. The molecule has 0 bridgehead atoms. The van der Waals surface area contributed by atoms with Gasteiger partial charge in [0.25, 0.3) is 0 Å². The van der Waals surface area contributed by atoms with Crippen molar-refractivity contribution in [3.63, 3.8) is 0 Å². The van der Waals surface area contributed by atoms with E-state index >= 15 is 0 Å². The van der Waals surface area contributed by atoms with Crippen molar-refractivity contribution in [1.29, 1.82) is 0 Å². The molecule has 1 aromatic rings. The number of nitroso groups, excluding NO2 is 1. The molecule has 2 rings (SSSR count). The largest absolute Gasteiger partial charge is 0.466 e. The highest BCUT2D eigenvalue weighted by Crippen LogP contribution is 2.24. The third-order valence-electron chi connectivity index (χ3n) is 4.72. The number of nitrogens with zero attached hydrogens (tertiary/aromatic N) is 1. The van der Waals surface area contributed by atoms with Gasteiger partial charge in [-0.1, -0.05) is 30.3 Å². The summed E-state index contributed by atoms with van der Waals surface area (Å²) in [6.45, 7) is 3.11. The van der Waals surface area contributed by atoms with E-state index in [9.17, 15) is 9.70 Å². The van der Waals surface area contributed by atoms with E-state index < -0.39 is 0 Å². The Balaban J connectivity index is 1.42. The van der Waals surface area contributed by atoms with Gasteiger partial charge in [-0.25, -0.2) is 0 Å². The number of ether oxygens (including phenoxy) is 1. The fourth-order valence-corrected chi connectivity index (χ4v) is 3.00. The van der Waals surface area contributed by atoms with Crippen LogP contribution in [-0.2, 0) is 16.0 Å². The summed E-state index contributed by atoms with van der Waals surface area (Å²) in [5.74, 6) is 0.359. The van der Waals surface area contributed by atoms with Crippen LogP contribution in [0.5, 0.6) is 0 Å². The zero-order chi connectivity index (χ0) is 16.5. The first-order chi connectivity index (χ1) is 11.2. The fraction of sp³-hybridized carbons (Fsp3) is 0.632. The Labute approximate surface area is 138 Å². The van der Waals surface area contributed by atoms with Gasteiger partial charge in [0.05, 0.1) is 12.5 Å². The number of hydrogen-bond acceptors (Lipinski definition) is 3. The van der Waals surface area contributed by atoms with Crippen LogP contribution in [0.15, 0.2) is 30.3 Å². The lowest BCUT2D eigenvalue weighted by Crippen LogP contribution is -2.46. The first-order valence-electron chi connectivity index (χ1n) is 8.80. The van der Waals surface area contributed by atoms with Crippen molar-refractivity contribution in [1.82, 2.24) is 0 Å². The normalized spacial score (nSPS) is 20.1. The lowest BCUT2D eigenvalue weighted by atomic mass is 9.88. The van der Waals surface area contributed by atoms with Crippen LogP contribution in [0, 0.1) is 10.8 Å². The molecule has 23 heavy (non-hydrogen) atoms. The molecule has 1 fully saturated rings. The summed E-state index contributed by atoms with van der Waals surface area (Å²) in [7, 11) is 0. The van der Waals surface area contributed by atoms with Gasteiger partial charge in [0.15, 0.2) is 0 Å². The molecule has 0 aliphatic carbocycles. The second kappa shape index (κ2) is 9.43. The Hall–Kier alpha value is -1.71. The molecule has 0 N–H and O–H groups in total. The third-order valence-corrected chi connectivity index (χ3v) is 4.72. The van der Waals surface area contributed by atoms with E-state index in [1.54, 1.807) is 0 Å². The van der Waals surface area contributed by atoms with E-state index in [2.05, 4.69) is 24.3 Å². The van der Waals surface area contributed by atoms with Gasteiger partial charge in [0.1, 0.15) is 0 Å². The molecule has 1 aliphatic heterocycles. The Morgan fingerprint density at radius 2 is 1.96 bits per heavy atom. The van der Waals surface area contributed by atoms with Crippen molar-refractivity contribution in [2.75, 3.05) is 13.2 Å². The van der Waals surface area contributed by atoms with Crippen LogP contribution in [0.4, 0.5) is 0 Å². The second-order valence-electron chi connectivity index (χ2n) is 6.51. The quantitative estimate of drug-likeness (QED) is 0.373. The summed E-state index contributed by atoms with van der Waals surface area (Å²) in [6.07, 6.45) is 6.50. The Morgan fingerprint density at radius 1 is 1.17 bits per heavy atom. The number of rotatable bonds is 10. The molecule has 126 valence electrons. The van der Waals surface area contributed by atoms with Gasteiger partial charge < -0.3 is 4.74 Å². The van der Waals surface area contributed by atoms with Crippen molar-refractivity contribution in [2.45, 2.75) is 57.9 Å². The number of aryl methyl sites for hydroxylation is 1. The molecule has 4 heteroatoms. The highest BCUT2D eigenvalue weighted by atomic mass is 16.5. The highest BCUT2D eigenvalue weighted by Gasteiger charge is 2.43. The Bertz CT molecular complexity index is 501. The molecular formula is C19H28NO3+. The number of unbranched alkanes of at least 4 members (excludes halogenated alkanes) is 2. The molecule has 4 nitrogen and oxygen atoms in total. The molecule has 0 aromatic heterocycles. The molecule has 2 atom stereocenters. The van der Waals surface area contributed by atoms with Gasteiger partial charge in [-0.2, -0.15) is 0 Å². The van der Waals surface area contributed by atoms with Gasteiger partial charge in [0.2, 0.25) is 12.6 Å². The summed E-state index contributed by atoms with van der Waals surface area (Å²) in [5, 5.41) is 0. The fourth-order valence-electron chi connectivity index (χ4n) is 3.00. The molecular weight excluding hydrogens is 290 g/mol. The minimum atomic E-state index is -0.0981. The van der Waals surface area contributed by atoms with E-state index in [0.717, 1.165) is 43.3 Å². The predicted octanol–water partition coefficient (Wildman–Crippen LogP) is 3.91. The van der Waals surface area contributed by atoms with E-state index in [1.807, 2.05) is 13.0 Å². The third kappa shape index (κ3) is 6.12. The second-order valence-corrected chi connectivity index (χ2v) is 6.51. The lowest BCUT2D eigenvalue weighted by molar-refractivity contribution is -0.661. The summed E-state index contributed by atoms with van der Waals surface area (Å²) in [5.41, 5.74) is 1.37.